The number of likely N-dealkylation sites (tertiary alicyclic amines) is 1. The molecule has 4 rings (SSSR count). The minimum Gasteiger partial charge on any atom is -0.492 e. The summed E-state index contributed by atoms with van der Waals surface area (Å²) in [4.78, 5) is 8.70. The van der Waals surface area contributed by atoms with Crippen LogP contribution in [-0.4, -0.2) is 37.7 Å². The zero-order chi connectivity index (χ0) is 17.4. The van der Waals surface area contributed by atoms with Gasteiger partial charge in [-0.3, -0.25) is 4.90 Å². The van der Waals surface area contributed by atoms with Crippen LogP contribution in [0.1, 0.15) is 48.5 Å². The van der Waals surface area contributed by atoms with Crippen LogP contribution in [0.4, 0.5) is 0 Å². The van der Waals surface area contributed by atoms with E-state index in [0.717, 1.165) is 39.6 Å². The summed E-state index contributed by atoms with van der Waals surface area (Å²) >= 11 is 5.06. The van der Waals surface area contributed by atoms with Crippen molar-refractivity contribution in [3.05, 3.63) is 45.0 Å². The molecular formula is C18H21BrN4OS. The highest BCUT2D eigenvalue weighted by Crippen LogP contribution is 2.41. The summed E-state index contributed by atoms with van der Waals surface area (Å²) in [5.74, 6) is 0.997. The SMILES string of the molecule is CCc1nc2sc(C(c3ccc(Br)cc3)N3CCCCC3)c(O)n2n1. The van der Waals surface area contributed by atoms with E-state index in [4.69, 9.17) is 0 Å². The molecule has 0 bridgehead atoms. The monoisotopic (exact) mass is 420 g/mol. The Bertz CT molecular complexity index is 867. The average molecular weight is 421 g/mol. The van der Waals surface area contributed by atoms with Crippen molar-refractivity contribution in [2.45, 2.75) is 38.6 Å². The molecule has 25 heavy (non-hydrogen) atoms. The molecular weight excluding hydrogens is 400 g/mol. The van der Waals surface area contributed by atoms with Crippen LogP contribution in [0.15, 0.2) is 28.7 Å². The smallest absolute Gasteiger partial charge is 0.230 e. The maximum Gasteiger partial charge on any atom is 0.230 e. The number of piperidine rings is 1. The van der Waals surface area contributed by atoms with E-state index >= 15 is 0 Å². The van der Waals surface area contributed by atoms with Crippen molar-refractivity contribution >= 4 is 32.2 Å². The maximum absolute atomic E-state index is 10.9. The van der Waals surface area contributed by atoms with Gasteiger partial charge < -0.3 is 5.11 Å². The van der Waals surface area contributed by atoms with Crippen LogP contribution in [0, 0.1) is 0 Å². The van der Waals surface area contributed by atoms with E-state index in [9.17, 15) is 5.11 Å². The normalized spacial score (nSPS) is 17.2. The molecule has 3 aromatic rings. The van der Waals surface area contributed by atoms with Gasteiger partial charge in [-0.1, -0.05) is 52.7 Å². The summed E-state index contributed by atoms with van der Waals surface area (Å²) in [5, 5.41) is 15.3. The largest absolute Gasteiger partial charge is 0.492 e. The predicted molar refractivity (Wildman–Crippen MR) is 103 cm³/mol. The Kier molecular flexibility index (Phi) is 4.80. The van der Waals surface area contributed by atoms with Gasteiger partial charge in [-0.05, 0) is 43.6 Å². The Morgan fingerprint density at radius 3 is 2.56 bits per heavy atom. The number of aryl methyl sites for hydroxylation is 1. The van der Waals surface area contributed by atoms with Gasteiger partial charge >= 0.3 is 0 Å². The summed E-state index contributed by atoms with van der Waals surface area (Å²) in [6.07, 6.45) is 4.46. The molecule has 0 radical (unpaired) electrons. The van der Waals surface area contributed by atoms with E-state index in [1.807, 2.05) is 6.92 Å². The lowest BCUT2D eigenvalue weighted by Crippen LogP contribution is -2.34. The quantitative estimate of drug-likeness (QED) is 0.679. The predicted octanol–water partition coefficient (Wildman–Crippen LogP) is 4.40. The highest BCUT2D eigenvalue weighted by molar-refractivity contribution is 9.10. The van der Waals surface area contributed by atoms with Crippen LogP contribution in [-0.2, 0) is 6.42 Å². The van der Waals surface area contributed by atoms with Crippen LogP contribution < -0.4 is 0 Å². The zero-order valence-corrected chi connectivity index (χ0v) is 16.6. The Balaban J connectivity index is 1.80. The molecule has 1 aliphatic rings. The molecule has 3 heterocycles. The number of rotatable bonds is 4. The summed E-state index contributed by atoms with van der Waals surface area (Å²) in [7, 11) is 0. The summed E-state index contributed by atoms with van der Waals surface area (Å²) < 4.78 is 2.65. The summed E-state index contributed by atoms with van der Waals surface area (Å²) in [5.41, 5.74) is 1.20. The number of nitrogens with zero attached hydrogens (tertiary/aromatic N) is 4. The number of hydrogen-bond donors (Lipinski definition) is 1. The van der Waals surface area contributed by atoms with Crippen molar-refractivity contribution in [1.82, 2.24) is 19.5 Å². The first kappa shape index (κ1) is 17.0. The average Bonchev–Trinajstić information content (AvgIpc) is 3.18. The van der Waals surface area contributed by atoms with Crippen molar-refractivity contribution in [3.63, 3.8) is 0 Å². The van der Waals surface area contributed by atoms with Gasteiger partial charge in [-0.2, -0.15) is 4.52 Å². The Morgan fingerprint density at radius 2 is 1.92 bits per heavy atom. The van der Waals surface area contributed by atoms with Gasteiger partial charge in [0.1, 0.15) is 0 Å². The first-order chi connectivity index (χ1) is 12.2. The Labute approximate surface area is 159 Å². The summed E-state index contributed by atoms with van der Waals surface area (Å²) in [6.45, 7) is 4.12. The van der Waals surface area contributed by atoms with E-state index in [0.29, 0.717) is 0 Å². The number of benzene rings is 1. The van der Waals surface area contributed by atoms with Crippen LogP contribution >= 0.6 is 27.3 Å². The van der Waals surface area contributed by atoms with Crippen LogP contribution in [0.5, 0.6) is 5.88 Å². The number of fused-ring (bicyclic) bond motifs is 1. The van der Waals surface area contributed by atoms with Gasteiger partial charge in [0, 0.05) is 10.9 Å². The lowest BCUT2D eigenvalue weighted by atomic mass is 10.0. The topological polar surface area (TPSA) is 53.7 Å². The summed E-state index contributed by atoms with van der Waals surface area (Å²) in [6, 6.07) is 8.45. The molecule has 1 unspecified atom stereocenters. The highest BCUT2D eigenvalue weighted by Gasteiger charge is 2.30. The van der Waals surface area contributed by atoms with E-state index < -0.39 is 0 Å². The minimum absolute atomic E-state index is 0.0481. The molecule has 7 heteroatoms. The van der Waals surface area contributed by atoms with Crippen molar-refractivity contribution < 1.29 is 5.11 Å². The molecule has 5 nitrogen and oxygen atoms in total. The van der Waals surface area contributed by atoms with Crippen molar-refractivity contribution in [3.8, 4) is 5.88 Å². The number of thiazole rings is 1. The number of aromatic nitrogens is 3. The molecule has 2 aromatic heterocycles. The number of halogens is 1. The molecule has 132 valence electrons. The fourth-order valence-electron chi connectivity index (χ4n) is 3.47. The van der Waals surface area contributed by atoms with Gasteiger partial charge in [0.05, 0.1) is 10.9 Å². The van der Waals surface area contributed by atoms with Crippen LogP contribution in [0.3, 0.4) is 0 Å². The second-order valence-corrected chi connectivity index (χ2v) is 8.34. The van der Waals surface area contributed by atoms with Gasteiger partial charge in [-0.25, -0.2) is 4.98 Å². The van der Waals surface area contributed by atoms with Crippen molar-refractivity contribution in [1.29, 1.82) is 0 Å². The first-order valence-electron chi connectivity index (χ1n) is 8.74. The fraction of sp³-hybridized carbons (Fsp3) is 0.444. The molecule has 1 aromatic carbocycles. The van der Waals surface area contributed by atoms with Crippen molar-refractivity contribution in [2.75, 3.05) is 13.1 Å². The first-order valence-corrected chi connectivity index (χ1v) is 10.3. The molecule has 1 saturated heterocycles. The zero-order valence-electron chi connectivity index (χ0n) is 14.2. The molecule has 0 aliphatic carbocycles. The van der Waals surface area contributed by atoms with Gasteiger partial charge in [-0.15, -0.1) is 5.10 Å². The lowest BCUT2D eigenvalue weighted by Gasteiger charge is -2.34. The standard InChI is InChI=1S/C18H21BrN4OS/c1-2-14-20-18-23(21-14)17(24)16(25-18)15(22-10-4-3-5-11-22)12-6-8-13(19)9-7-12/h6-9,15,24H,2-5,10-11H2,1H3. The van der Waals surface area contributed by atoms with Crippen LogP contribution in [0.25, 0.3) is 4.96 Å². The van der Waals surface area contributed by atoms with E-state index in [-0.39, 0.29) is 11.9 Å². The minimum atomic E-state index is 0.0481. The van der Waals surface area contributed by atoms with Gasteiger partial charge in [0.2, 0.25) is 10.8 Å². The third-order valence-electron chi connectivity index (χ3n) is 4.75. The second kappa shape index (κ2) is 7.05. The van der Waals surface area contributed by atoms with Gasteiger partial charge in [0.25, 0.3) is 0 Å². The number of aromatic hydroxyl groups is 1. The molecule has 0 amide bonds. The Morgan fingerprint density at radius 1 is 1.20 bits per heavy atom. The molecule has 0 spiro atoms. The molecule has 1 fully saturated rings. The van der Waals surface area contributed by atoms with Gasteiger partial charge in [0.15, 0.2) is 5.82 Å². The van der Waals surface area contributed by atoms with E-state index in [1.54, 1.807) is 15.9 Å². The third kappa shape index (κ3) is 3.20. The number of hydrogen-bond acceptors (Lipinski definition) is 5. The van der Waals surface area contributed by atoms with E-state index in [1.165, 1.54) is 24.8 Å². The molecule has 0 saturated carbocycles. The molecule has 1 N–H and O–H groups in total. The fourth-order valence-corrected chi connectivity index (χ4v) is 4.87. The lowest BCUT2D eigenvalue weighted by molar-refractivity contribution is 0.186. The Hall–Kier alpha value is -1.44. The highest BCUT2D eigenvalue weighted by atomic mass is 79.9. The van der Waals surface area contributed by atoms with Crippen molar-refractivity contribution in [2.24, 2.45) is 0 Å². The molecule has 1 aliphatic heterocycles. The van der Waals surface area contributed by atoms with Crippen LogP contribution in [0.2, 0.25) is 0 Å². The third-order valence-corrected chi connectivity index (χ3v) is 6.35. The maximum atomic E-state index is 10.9. The van der Waals surface area contributed by atoms with E-state index in [2.05, 4.69) is 55.2 Å². The second-order valence-electron chi connectivity index (χ2n) is 6.42. The molecule has 1 atom stereocenters.